The molecule has 0 radical (unpaired) electrons. The molecule has 4 rings (SSSR count). The van der Waals surface area contributed by atoms with Gasteiger partial charge in [-0.3, -0.25) is 4.90 Å². The Hall–Kier alpha value is -2.06. The van der Waals surface area contributed by atoms with Gasteiger partial charge in [0.15, 0.2) is 0 Å². The molecule has 1 aromatic heterocycles. The molecule has 0 atom stereocenters. The van der Waals surface area contributed by atoms with Gasteiger partial charge in [-0.05, 0) is 61.2 Å². The molecule has 24 heavy (non-hydrogen) atoms. The van der Waals surface area contributed by atoms with Crippen LogP contribution in [0.1, 0.15) is 31.4 Å². The van der Waals surface area contributed by atoms with E-state index in [2.05, 4.69) is 67.3 Å². The smallest absolute Gasteiger partial charge is 0.135 e. The van der Waals surface area contributed by atoms with Gasteiger partial charge >= 0.3 is 0 Å². The Morgan fingerprint density at radius 3 is 2.38 bits per heavy atom. The second-order valence-corrected chi connectivity index (χ2v) is 7.41. The second kappa shape index (κ2) is 6.45. The van der Waals surface area contributed by atoms with Crippen LogP contribution in [-0.4, -0.2) is 18.0 Å². The van der Waals surface area contributed by atoms with Crippen LogP contribution in [0.3, 0.4) is 0 Å². The van der Waals surface area contributed by atoms with E-state index in [0.717, 1.165) is 29.9 Å². The van der Waals surface area contributed by atoms with Crippen molar-refractivity contribution in [3.8, 4) is 11.3 Å². The van der Waals surface area contributed by atoms with Gasteiger partial charge in [-0.2, -0.15) is 0 Å². The molecule has 0 unspecified atom stereocenters. The van der Waals surface area contributed by atoms with E-state index < -0.39 is 0 Å². The van der Waals surface area contributed by atoms with Gasteiger partial charge in [-0.15, -0.1) is 0 Å². The van der Waals surface area contributed by atoms with Crippen molar-refractivity contribution in [2.75, 3.05) is 13.1 Å². The van der Waals surface area contributed by atoms with Gasteiger partial charge in [0.05, 0.1) is 0 Å². The van der Waals surface area contributed by atoms with Gasteiger partial charge in [-0.25, -0.2) is 0 Å². The SMILES string of the molecule is CC(C)Cc1ccc2oc(-c3ccc(CN4CCC4)cc3)cc2c1. The van der Waals surface area contributed by atoms with Crippen LogP contribution in [0.15, 0.2) is 52.9 Å². The first-order valence-corrected chi connectivity index (χ1v) is 9.01. The summed E-state index contributed by atoms with van der Waals surface area (Å²) in [4.78, 5) is 2.48. The lowest BCUT2D eigenvalue weighted by molar-refractivity contribution is 0.172. The second-order valence-electron chi connectivity index (χ2n) is 7.41. The molecule has 0 amide bonds. The Balaban J connectivity index is 1.56. The van der Waals surface area contributed by atoms with Crippen molar-refractivity contribution >= 4 is 11.0 Å². The fraction of sp³-hybridized carbons (Fsp3) is 0.364. The third-order valence-corrected chi connectivity index (χ3v) is 4.82. The van der Waals surface area contributed by atoms with Crippen LogP contribution in [-0.2, 0) is 13.0 Å². The lowest BCUT2D eigenvalue weighted by atomic mass is 10.0. The highest BCUT2D eigenvalue weighted by molar-refractivity contribution is 5.83. The van der Waals surface area contributed by atoms with Crippen molar-refractivity contribution in [1.82, 2.24) is 4.90 Å². The summed E-state index contributed by atoms with van der Waals surface area (Å²) >= 11 is 0. The number of nitrogens with zero attached hydrogens (tertiary/aromatic N) is 1. The van der Waals surface area contributed by atoms with Crippen LogP contribution in [0.25, 0.3) is 22.3 Å². The molecule has 2 aromatic carbocycles. The normalized spacial score (nSPS) is 15.1. The van der Waals surface area contributed by atoms with Crippen molar-refractivity contribution in [2.24, 2.45) is 5.92 Å². The number of hydrogen-bond acceptors (Lipinski definition) is 2. The molecule has 3 aromatic rings. The number of rotatable bonds is 5. The summed E-state index contributed by atoms with van der Waals surface area (Å²) in [6.07, 6.45) is 2.46. The molecule has 0 saturated carbocycles. The zero-order valence-electron chi connectivity index (χ0n) is 14.6. The van der Waals surface area contributed by atoms with E-state index in [1.165, 1.54) is 36.0 Å². The molecule has 1 saturated heterocycles. The van der Waals surface area contributed by atoms with E-state index in [9.17, 15) is 0 Å². The summed E-state index contributed by atoms with van der Waals surface area (Å²) in [7, 11) is 0. The van der Waals surface area contributed by atoms with Crippen molar-refractivity contribution in [1.29, 1.82) is 0 Å². The molecule has 1 aliphatic rings. The quantitative estimate of drug-likeness (QED) is 0.617. The van der Waals surface area contributed by atoms with Crippen molar-refractivity contribution in [3.05, 3.63) is 59.7 Å². The molecule has 0 N–H and O–H groups in total. The van der Waals surface area contributed by atoms with Crippen LogP contribution in [0, 0.1) is 5.92 Å². The lowest BCUT2D eigenvalue weighted by Crippen LogP contribution is -2.36. The highest BCUT2D eigenvalue weighted by atomic mass is 16.3. The Bertz CT molecular complexity index is 825. The molecule has 124 valence electrons. The average Bonchev–Trinajstić information content (AvgIpc) is 2.94. The van der Waals surface area contributed by atoms with E-state index >= 15 is 0 Å². The monoisotopic (exact) mass is 319 g/mol. The molecule has 1 fully saturated rings. The van der Waals surface area contributed by atoms with Gasteiger partial charge in [0.25, 0.3) is 0 Å². The third-order valence-electron chi connectivity index (χ3n) is 4.82. The molecule has 2 nitrogen and oxygen atoms in total. The lowest BCUT2D eigenvalue weighted by Gasteiger charge is -2.30. The molecule has 1 aliphatic heterocycles. The molecular formula is C22H25NO. The number of hydrogen-bond donors (Lipinski definition) is 0. The zero-order valence-corrected chi connectivity index (χ0v) is 14.6. The fourth-order valence-corrected chi connectivity index (χ4v) is 3.41. The maximum absolute atomic E-state index is 6.06. The number of furan rings is 1. The average molecular weight is 319 g/mol. The van der Waals surface area contributed by atoms with Crippen molar-refractivity contribution < 1.29 is 4.42 Å². The van der Waals surface area contributed by atoms with Crippen LogP contribution in [0.4, 0.5) is 0 Å². The van der Waals surface area contributed by atoms with Crippen molar-refractivity contribution in [3.63, 3.8) is 0 Å². The predicted molar refractivity (Wildman–Crippen MR) is 100 cm³/mol. The minimum absolute atomic E-state index is 0.674. The summed E-state index contributed by atoms with van der Waals surface area (Å²) in [6.45, 7) is 8.06. The first-order valence-electron chi connectivity index (χ1n) is 9.01. The topological polar surface area (TPSA) is 16.4 Å². The largest absolute Gasteiger partial charge is 0.456 e. The first kappa shape index (κ1) is 15.5. The van der Waals surface area contributed by atoms with Crippen LogP contribution >= 0.6 is 0 Å². The highest BCUT2D eigenvalue weighted by Crippen LogP contribution is 2.29. The van der Waals surface area contributed by atoms with Crippen molar-refractivity contribution in [2.45, 2.75) is 33.2 Å². The first-order chi connectivity index (χ1) is 11.7. The number of fused-ring (bicyclic) bond motifs is 1. The van der Waals surface area contributed by atoms with Gasteiger partial charge < -0.3 is 4.42 Å². The highest BCUT2D eigenvalue weighted by Gasteiger charge is 2.14. The Kier molecular flexibility index (Phi) is 4.15. The molecule has 0 bridgehead atoms. The summed E-state index contributed by atoms with van der Waals surface area (Å²) in [5.41, 5.74) is 4.90. The fourth-order valence-electron chi connectivity index (χ4n) is 3.41. The molecule has 0 aliphatic carbocycles. The van der Waals surface area contributed by atoms with Gasteiger partial charge in [0, 0.05) is 17.5 Å². The predicted octanol–water partition coefficient (Wildman–Crippen LogP) is 5.50. The maximum Gasteiger partial charge on any atom is 0.135 e. The minimum atomic E-state index is 0.674. The van der Waals surface area contributed by atoms with E-state index in [-0.39, 0.29) is 0 Å². The number of likely N-dealkylation sites (tertiary alicyclic amines) is 1. The van der Waals surface area contributed by atoms with Gasteiger partial charge in [-0.1, -0.05) is 44.2 Å². The Morgan fingerprint density at radius 2 is 1.71 bits per heavy atom. The molecule has 0 spiro atoms. The van der Waals surface area contributed by atoms with E-state index in [1.54, 1.807) is 0 Å². The van der Waals surface area contributed by atoms with Gasteiger partial charge in [0.1, 0.15) is 11.3 Å². The Labute approximate surface area is 144 Å². The summed E-state index contributed by atoms with van der Waals surface area (Å²) < 4.78 is 6.06. The third kappa shape index (κ3) is 3.25. The van der Waals surface area contributed by atoms with Crippen LogP contribution in [0.5, 0.6) is 0 Å². The van der Waals surface area contributed by atoms with Crippen LogP contribution < -0.4 is 0 Å². The summed E-state index contributed by atoms with van der Waals surface area (Å²) in [6, 6.07) is 17.5. The Morgan fingerprint density at radius 1 is 0.958 bits per heavy atom. The molecular weight excluding hydrogens is 294 g/mol. The van der Waals surface area contributed by atoms with Crippen LogP contribution in [0.2, 0.25) is 0 Å². The standard InChI is InChI=1S/C22H25NO/c1-16(2)12-18-6-9-21-20(13-18)14-22(24-21)19-7-4-17(5-8-19)15-23-10-3-11-23/h4-9,13-14,16H,3,10-12,15H2,1-2H3. The number of benzene rings is 2. The molecule has 2 heterocycles. The zero-order chi connectivity index (χ0) is 16.5. The maximum atomic E-state index is 6.06. The summed E-state index contributed by atoms with van der Waals surface area (Å²) in [5, 5.41) is 1.20. The van der Waals surface area contributed by atoms with E-state index in [0.29, 0.717) is 5.92 Å². The summed E-state index contributed by atoms with van der Waals surface area (Å²) in [5.74, 6) is 1.63. The van der Waals surface area contributed by atoms with Gasteiger partial charge in [0.2, 0.25) is 0 Å². The van der Waals surface area contributed by atoms with E-state index in [1.807, 2.05) is 0 Å². The minimum Gasteiger partial charge on any atom is -0.456 e. The van der Waals surface area contributed by atoms with E-state index in [4.69, 9.17) is 4.42 Å². The molecule has 2 heteroatoms.